The Morgan fingerprint density at radius 3 is 1.95 bits per heavy atom. The van der Waals surface area contributed by atoms with Crippen LogP contribution in [0.2, 0.25) is 0 Å². The summed E-state index contributed by atoms with van der Waals surface area (Å²) in [6.07, 6.45) is 3.27. The molecule has 0 bridgehead atoms. The maximum absolute atomic E-state index is 15.2. The summed E-state index contributed by atoms with van der Waals surface area (Å²) in [4.78, 5) is 7.96. The minimum Gasteiger partial charge on any atom is -0.450 e. The molecular formula is C28H17F6N3O. The average molecular weight is 525 g/mol. The van der Waals surface area contributed by atoms with Gasteiger partial charge < -0.3 is 14.5 Å². The van der Waals surface area contributed by atoms with Crippen molar-refractivity contribution >= 4 is 0 Å². The maximum atomic E-state index is 15.2. The monoisotopic (exact) mass is 525 g/mol. The first kappa shape index (κ1) is 23.9. The largest absolute Gasteiger partial charge is 0.450 e. The molecule has 192 valence electrons. The van der Waals surface area contributed by atoms with E-state index in [1.54, 1.807) is 29.2 Å². The molecule has 0 atom stereocenters. The van der Waals surface area contributed by atoms with Gasteiger partial charge in [-0.05, 0) is 36.4 Å². The second-order valence-corrected chi connectivity index (χ2v) is 9.04. The molecule has 0 fully saturated rings. The Labute approximate surface area is 213 Å². The number of nitrogens with zero attached hydrogens (tertiary/aromatic N) is 3. The molecule has 0 unspecified atom stereocenters. The lowest BCUT2D eigenvalue weighted by Crippen LogP contribution is -2.48. The molecule has 1 aromatic heterocycles. The van der Waals surface area contributed by atoms with Crippen LogP contribution >= 0.6 is 0 Å². The van der Waals surface area contributed by atoms with Gasteiger partial charge in [-0.15, -0.1) is 0 Å². The fourth-order valence-electron chi connectivity index (χ4n) is 5.08. The van der Waals surface area contributed by atoms with Crippen molar-refractivity contribution in [2.45, 2.75) is 5.54 Å². The van der Waals surface area contributed by atoms with Crippen molar-refractivity contribution < 1.29 is 31.1 Å². The van der Waals surface area contributed by atoms with E-state index in [0.717, 1.165) is 18.2 Å². The van der Waals surface area contributed by atoms with Crippen LogP contribution in [0.4, 0.5) is 26.3 Å². The molecule has 3 aromatic carbocycles. The standard InChI is InChI=1S/C28H17F6N3O/c1-36-7-8-37(14-36)28(25-4-2-3-24(35-25)18-6-5-15(29)11-21(18)32)19-9-16(30)12-22(33)26(19)38-27-20(28)10-17(31)13-23(27)34/h2-13H,14H2,1H3. The van der Waals surface area contributed by atoms with Crippen molar-refractivity contribution in [1.29, 1.82) is 0 Å². The van der Waals surface area contributed by atoms with Crippen LogP contribution in [0, 0.1) is 34.9 Å². The van der Waals surface area contributed by atoms with Crippen LogP contribution < -0.4 is 4.74 Å². The number of aromatic nitrogens is 1. The highest BCUT2D eigenvalue weighted by atomic mass is 19.2. The topological polar surface area (TPSA) is 28.6 Å². The second kappa shape index (κ2) is 8.54. The third-order valence-corrected chi connectivity index (χ3v) is 6.63. The van der Waals surface area contributed by atoms with E-state index in [-0.39, 0.29) is 34.7 Å². The predicted molar refractivity (Wildman–Crippen MR) is 126 cm³/mol. The van der Waals surface area contributed by atoms with Gasteiger partial charge in [0.15, 0.2) is 23.1 Å². The number of ether oxygens (including phenoxy) is 1. The molecular weight excluding hydrogens is 508 g/mol. The normalized spacial score (nSPS) is 15.3. The van der Waals surface area contributed by atoms with E-state index in [1.165, 1.54) is 24.3 Å². The molecule has 2 aliphatic rings. The van der Waals surface area contributed by atoms with Gasteiger partial charge in [-0.2, -0.15) is 0 Å². The maximum Gasteiger partial charge on any atom is 0.169 e. The minimum atomic E-state index is -1.82. The highest BCUT2D eigenvalue weighted by Gasteiger charge is 2.52. The van der Waals surface area contributed by atoms with E-state index < -0.39 is 51.9 Å². The van der Waals surface area contributed by atoms with Crippen LogP contribution in [0.5, 0.6) is 11.5 Å². The Morgan fingerprint density at radius 2 is 1.37 bits per heavy atom. The Morgan fingerprint density at radius 1 is 0.737 bits per heavy atom. The highest BCUT2D eigenvalue weighted by Crippen LogP contribution is 2.55. The van der Waals surface area contributed by atoms with Crippen molar-refractivity contribution in [2.24, 2.45) is 0 Å². The van der Waals surface area contributed by atoms with E-state index in [9.17, 15) is 17.6 Å². The van der Waals surface area contributed by atoms with Crippen LogP contribution in [0.15, 0.2) is 73.1 Å². The van der Waals surface area contributed by atoms with Gasteiger partial charge in [-0.1, -0.05) is 6.07 Å². The Hall–Kier alpha value is -4.47. The summed E-state index contributed by atoms with van der Waals surface area (Å²) in [5.41, 5.74) is -1.92. The summed E-state index contributed by atoms with van der Waals surface area (Å²) >= 11 is 0. The summed E-state index contributed by atoms with van der Waals surface area (Å²) in [7, 11) is 1.74. The molecule has 0 radical (unpaired) electrons. The molecule has 0 saturated carbocycles. The van der Waals surface area contributed by atoms with E-state index >= 15 is 8.78 Å². The number of halogens is 6. The lowest BCUT2D eigenvalue weighted by Gasteiger charge is -2.46. The van der Waals surface area contributed by atoms with Gasteiger partial charge in [0.2, 0.25) is 0 Å². The van der Waals surface area contributed by atoms with Gasteiger partial charge in [0.05, 0.1) is 18.1 Å². The van der Waals surface area contributed by atoms with E-state index in [4.69, 9.17) is 4.74 Å². The number of fused-ring (bicyclic) bond motifs is 2. The third kappa shape index (κ3) is 3.51. The van der Waals surface area contributed by atoms with Gasteiger partial charge in [-0.25, -0.2) is 31.3 Å². The van der Waals surface area contributed by atoms with Crippen LogP contribution in [-0.2, 0) is 5.54 Å². The van der Waals surface area contributed by atoms with Crippen molar-refractivity contribution in [2.75, 3.05) is 13.7 Å². The Balaban J connectivity index is 1.73. The molecule has 0 N–H and O–H groups in total. The summed E-state index contributed by atoms with van der Waals surface area (Å²) in [5.74, 6) is -6.70. The first-order chi connectivity index (χ1) is 18.2. The summed E-state index contributed by atoms with van der Waals surface area (Å²) in [6, 6.07) is 10.7. The zero-order valence-electron chi connectivity index (χ0n) is 19.7. The van der Waals surface area contributed by atoms with Gasteiger partial charge in [-0.3, -0.25) is 0 Å². The van der Waals surface area contributed by atoms with Crippen LogP contribution in [0.1, 0.15) is 16.8 Å². The van der Waals surface area contributed by atoms with Gasteiger partial charge in [0.25, 0.3) is 0 Å². The second-order valence-electron chi connectivity index (χ2n) is 9.04. The van der Waals surface area contributed by atoms with Crippen molar-refractivity contribution in [3.05, 3.63) is 125 Å². The Bertz CT molecular complexity index is 1580. The molecule has 3 heterocycles. The lowest BCUT2D eigenvalue weighted by atomic mass is 9.75. The average Bonchev–Trinajstić information content (AvgIpc) is 3.29. The minimum absolute atomic E-state index is 0.0409. The number of hydrogen-bond donors (Lipinski definition) is 0. The van der Waals surface area contributed by atoms with Crippen molar-refractivity contribution in [3.8, 4) is 22.8 Å². The van der Waals surface area contributed by atoms with Gasteiger partial charge >= 0.3 is 0 Å². The number of benzene rings is 3. The smallest absolute Gasteiger partial charge is 0.169 e. The molecule has 0 spiro atoms. The van der Waals surface area contributed by atoms with Crippen LogP contribution in [0.3, 0.4) is 0 Å². The first-order valence-corrected chi connectivity index (χ1v) is 11.4. The zero-order valence-corrected chi connectivity index (χ0v) is 19.7. The third-order valence-electron chi connectivity index (χ3n) is 6.63. The number of hydrogen-bond acceptors (Lipinski definition) is 4. The van der Waals surface area contributed by atoms with E-state index in [1.807, 2.05) is 0 Å². The predicted octanol–water partition coefficient (Wildman–Crippen LogP) is 6.66. The summed E-state index contributed by atoms with van der Waals surface area (Å²) in [5, 5.41) is 0. The molecule has 0 aliphatic carbocycles. The van der Waals surface area contributed by atoms with Gasteiger partial charge in [0.1, 0.15) is 28.8 Å². The fourth-order valence-corrected chi connectivity index (χ4v) is 5.08. The van der Waals surface area contributed by atoms with Gasteiger partial charge in [0, 0.05) is 54.3 Å². The molecule has 10 heteroatoms. The van der Waals surface area contributed by atoms with E-state index in [2.05, 4.69) is 4.98 Å². The quantitative estimate of drug-likeness (QED) is 0.280. The van der Waals surface area contributed by atoms with Crippen molar-refractivity contribution in [1.82, 2.24) is 14.8 Å². The zero-order chi connectivity index (χ0) is 26.8. The molecule has 6 rings (SSSR count). The highest BCUT2D eigenvalue weighted by molar-refractivity contribution is 5.65. The van der Waals surface area contributed by atoms with Crippen LogP contribution in [-0.4, -0.2) is 28.5 Å². The van der Waals surface area contributed by atoms with Crippen molar-refractivity contribution in [3.63, 3.8) is 0 Å². The molecule has 2 aliphatic heterocycles. The summed E-state index contributed by atoms with van der Waals surface area (Å²) < 4.78 is 93.7. The summed E-state index contributed by atoms with van der Waals surface area (Å²) in [6.45, 7) is 0.131. The lowest BCUT2D eigenvalue weighted by molar-refractivity contribution is 0.172. The molecule has 38 heavy (non-hydrogen) atoms. The van der Waals surface area contributed by atoms with E-state index in [0.29, 0.717) is 18.2 Å². The molecule has 4 aromatic rings. The first-order valence-electron chi connectivity index (χ1n) is 11.4. The van der Waals surface area contributed by atoms with Crippen LogP contribution in [0.25, 0.3) is 11.3 Å². The molecule has 0 amide bonds. The SMILES string of the molecule is CN1C=CN(C2(c3cccc(-c4ccc(F)cc4F)n3)c3cc(F)cc(F)c3Oc3c(F)cc(F)cc32)C1. The number of pyridine rings is 1. The fraction of sp³-hybridized carbons (Fsp3) is 0.107. The molecule has 0 saturated heterocycles. The molecule has 4 nitrogen and oxygen atoms in total. The Kier molecular flexibility index (Phi) is 5.37. The number of rotatable bonds is 3.